The highest BCUT2D eigenvalue weighted by molar-refractivity contribution is 5.68. The van der Waals surface area contributed by atoms with Crippen LogP contribution >= 0.6 is 0 Å². The van der Waals surface area contributed by atoms with Crippen LogP contribution in [0, 0.1) is 0 Å². The third-order valence-electron chi connectivity index (χ3n) is 4.98. The third-order valence-corrected chi connectivity index (χ3v) is 4.98. The molecule has 7 nitrogen and oxygen atoms in total. The Hall–Kier alpha value is -3.19. The lowest BCUT2D eigenvalue weighted by Crippen LogP contribution is -2.28. The number of aliphatic hydroxyl groups excluding tert-OH is 1. The van der Waals surface area contributed by atoms with Crippen molar-refractivity contribution in [2.75, 3.05) is 23.8 Å². The molecular formula is C22H25N5O2. The van der Waals surface area contributed by atoms with Gasteiger partial charge >= 0.3 is 0 Å². The second-order valence-electron chi connectivity index (χ2n) is 7.75. The van der Waals surface area contributed by atoms with E-state index in [-0.39, 0.29) is 18.1 Å². The third kappa shape index (κ3) is 3.86. The molecule has 1 aliphatic rings. The number of nitrogens with zero attached hydrogens (tertiary/aromatic N) is 3. The van der Waals surface area contributed by atoms with Crippen LogP contribution in [-0.2, 0) is 5.41 Å². The number of pyridine rings is 1. The van der Waals surface area contributed by atoms with Crippen molar-refractivity contribution >= 4 is 17.5 Å². The maximum Gasteiger partial charge on any atom is 0.227 e. The molecule has 3 N–H and O–H groups in total. The van der Waals surface area contributed by atoms with Crippen molar-refractivity contribution in [2.45, 2.75) is 32.3 Å². The number of hydrogen-bond acceptors (Lipinski definition) is 7. The molecule has 1 unspecified atom stereocenters. The molecule has 29 heavy (non-hydrogen) atoms. The number of rotatable bonds is 6. The number of benzene rings is 1. The molecule has 7 heteroatoms. The summed E-state index contributed by atoms with van der Waals surface area (Å²) >= 11 is 0. The fourth-order valence-electron chi connectivity index (χ4n) is 3.35. The first-order valence-electron chi connectivity index (χ1n) is 9.70. The van der Waals surface area contributed by atoms with Gasteiger partial charge in [0.25, 0.3) is 0 Å². The van der Waals surface area contributed by atoms with Crippen LogP contribution in [0.3, 0.4) is 0 Å². The Morgan fingerprint density at radius 3 is 2.86 bits per heavy atom. The van der Waals surface area contributed by atoms with E-state index >= 15 is 0 Å². The summed E-state index contributed by atoms with van der Waals surface area (Å²) in [5.74, 6) is 2.05. The van der Waals surface area contributed by atoms with Gasteiger partial charge in [0.2, 0.25) is 5.95 Å². The fraction of sp³-hybridized carbons (Fsp3) is 0.318. The predicted molar refractivity (Wildman–Crippen MR) is 114 cm³/mol. The van der Waals surface area contributed by atoms with Crippen LogP contribution in [0.15, 0.2) is 48.8 Å². The first-order chi connectivity index (χ1) is 14.0. The summed E-state index contributed by atoms with van der Waals surface area (Å²) in [6.45, 7) is 6.73. The van der Waals surface area contributed by atoms with Gasteiger partial charge in [0, 0.05) is 35.5 Å². The minimum absolute atomic E-state index is 0.0569. The molecule has 0 fully saturated rings. The van der Waals surface area contributed by atoms with Crippen LogP contribution in [0.4, 0.5) is 17.5 Å². The van der Waals surface area contributed by atoms with Crippen LogP contribution in [-0.4, -0.2) is 39.3 Å². The van der Waals surface area contributed by atoms with Gasteiger partial charge in [0.15, 0.2) is 0 Å². The first kappa shape index (κ1) is 19.1. The molecule has 0 spiro atoms. The number of aliphatic hydroxyl groups is 1. The SMILES string of the molecule is CC(C)Oc1ccccc1Nc1nccc(-c2cnc3c(c2)C(C)(CO)CN3)n1. The molecule has 1 aliphatic heterocycles. The number of anilines is 3. The van der Waals surface area contributed by atoms with E-state index in [4.69, 9.17) is 4.74 Å². The van der Waals surface area contributed by atoms with E-state index < -0.39 is 0 Å². The first-order valence-corrected chi connectivity index (χ1v) is 9.70. The summed E-state index contributed by atoms with van der Waals surface area (Å²) in [6, 6.07) is 11.6. The Balaban J connectivity index is 1.64. The molecular weight excluding hydrogens is 366 g/mol. The Bertz CT molecular complexity index is 1020. The van der Waals surface area contributed by atoms with Crippen molar-refractivity contribution in [1.82, 2.24) is 15.0 Å². The van der Waals surface area contributed by atoms with Crippen molar-refractivity contribution in [3.8, 4) is 17.0 Å². The summed E-state index contributed by atoms with van der Waals surface area (Å²) in [6.07, 6.45) is 3.57. The molecule has 0 amide bonds. The van der Waals surface area contributed by atoms with Crippen LogP contribution in [0.1, 0.15) is 26.3 Å². The molecule has 0 bridgehead atoms. The van der Waals surface area contributed by atoms with Gasteiger partial charge in [-0.3, -0.25) is 0 Å². The molecule has 150 valence electrons. The zero-order valence-electron chi connectivity index (χ0n) is 16.8. The van der Waals surface area contributed by atoms with Crippen LogP contribution < -0.4 is 15.4 Å². The fourth-order valence-corrected chi connectivity index (χ4v) is 3.35. The Kier molecular flexibility index (Phi) is 5.07. The summed E-state index contributed by atoms with van der Waals surface area (Å²) in [7, 11) is 0. The molecule has 0 saturated heterocycles. The van der Waals surface area contributed by atoms with Gasteiger partial charge in [0.05, 0.1) is 24.1 Å². The van der Waals surface area contributed by atoms with Gasteiger partial charge in [-0.2, -0.15) is 0 Å². The van der Waals surface area contributed by atoms with Crippen molar-refractivity contribution < 1.29 is 9.84 Å². The lowest BCUT2D eigenvalue weighted by atomic mass is 9.85. The number of fused-ring (bicyclic) bond motifs is 1. The van der Waals surface area contributed by atoms with Gasteiger partial charge in [-0.15, -0.1) is 0 Å². The Morgan fingerprint density at radius 2 is 2.07 bits per heavy atom. The van der Waals surface area contributed by atoms with Gasteiger partial charge in [-0.25, -0.2) is 15.0 Å². The number of aromatic nitrogens is 3. The molecule has 4 rings (SSSR count). The zero-order valence-corrected chi connectivity index (χ0v) is 16.8. The molecule has 3 heterocycles. The van der Waals surface area contributed by atoms with Crippen LogP contribution in [0.25, 0.3) is 11.3 Å². The van der Waals surface area contributed by atoms with Crippen molar-refractivity contribution in [2.24, 2.45) is 0 Å². The largest absolute Gasteiger partial charge is 0.489 e. The number of para-hydroxylation sites is 2. The minimum Gasteiger partial charge on any atom is -0.489 e. The average molecular weight is 391 g/mol. The molecule has 1 aromatic carbocycles. The maximum absolute atomic E-state index is 9.81. The molecule has 2 aromatic heterocycles. The van der Waals surface area contributed by atoms with Crippen LogP contribution in [0.5, 0.6) is 5.75 Å². The molecule has 0 saturated carbocycles. The summed E-state index contributed by atoms with van der Waals surface area (Å²) in [5, 5.41) is 16.3. The standard InChI is InChI=1S/C22H25N5O2/c1-14(2)29-19-7-5-4-6-18(19)27-21-23-9-8-17(26-21)15-10-16-20(24-11-15)25-12-22(16,3)13-28/h4-11,14,28H,12-13H2,1-3H3,(H,24,25)(H,23,26,27). The van der Waals surface area contributed by atoms with Crippen molar-refractivity contribution in [3.63, 3.8) is 0 Å². The van der Waals surface area contributed by atoms with E-state index in [0.717, 1.165) is 34.1 Å². The van der Waals surface area contributed by atoms with Crippen LogP contribution in [0.2, 0.25) is 0 Å². The average Bonchev–Trinajstić information content (AvgIpc) is 3.06. The highest BCUT2D eigenvalue weighted by Crippen LogP contribution is 2.37. The van der Waals surface area contributed by atoms with Gasteiger partial charge in [-0.05, 0) is 38.1 Å². The van der Waals surface area contributed by atoms with E-state index in [2.05, 4.69) is 25.6 Å². The second kappa shape index (κ2) is 7.67. The summed E-state index contributed by atoms with van der Waals surface area (Å²) in [4.78, 5) is 13.5. The van der Waals surface area contributed by atoms with E-state index in [1.165, 1.54) is 0 Å². The molecule has 3 aromatic rings. The monoisotopic (exact) mass is 391 g/mol. The maximum atomic E-state index is 9.81. The highest BCUT2D eigenvalue weighted by atomic mass is 16.5. The number of hydrogen-bond donors (Lipinski definition) is 3. The lowest BCUT2D eigenvalue weighted by Gasteiger charge is -2.20. The Labute approximate surface area is 170 Å². The summed E-state index contributed by atoms with van der Waals surface area (Å²) in [5.41, 5.74) is 3.10. The van der Waals surface area contributed by atoms with Crippen molar-refractivity contribution in [1.29, 1.82) is 0 Å². The molecule has 0 aliphatic carbocycles. The highest BCUT2D eigenvalue weighted by Gasteiger charge is 2.35. The van der Waals surface area contributed by atoms with E-state index in [1.807, 2.05) is 57.2 Å². The number of ether oxygens (including phenoxy) is 1. The quantitative estimate of drug-likeness (QED) is 0.589. The van der Waals surface area contributed by atoms with Gasteiger partial charge < -0.3 is 20.5 Å². The normalized spacial score (nSPS) is 17.7. The van der Waals surface area contributed by atoms with Gasteiger partial charge in [0.1, 0.15) is 11.6 Å². The number of nitrogens with one attached hydrogen (secondary N) is 2. The second-order valence-corrected chi connectivity index (χ2v) is 7.75. The van der Waals surface area contributed by atoms with Gasteiger partial charge in [-0.1, -0.05) is 19.1 Å². The Morgan fingerprint density at radius 1 is 1.24 bits per heavy atom. The predicted octanol–water partition coefficient (Wildman–Crippen LogP) is 3.74. The van der Waals surface area contributed by atoms with E-state index in [0.29, 0.717) is 12.5 Å². The van der Waals surface area contributed by atoms with E-state index in [1.54, 1.807) is 12.4 Å². The summed E-state index contributed by atoms with van der Waals surface area (Å²) < 4.78 is 5.86. The topological polar surface area (TPSA) is 92.2 Å². The van der Waals surface area contributed by atoms with Crippen molar-refractivity contribution in [3.05, 3.63) is 54.4 Å². The zero-order chi connectivity index (χ0) is 20.4. The lowest BCUT2D eigenvalue weighted by molar-refractivity contribution is 0.218. The molecule has 1 atom stereocenters. The van der Waals surface area contributed by atoms with E-state index in [9.17, 15) is 5.11 Å². The molecule has 0 radical (unpaired) electrons. The smallest absolute Gasteiger partial charge is 0.227 e. The minimum atomic E-state index is -0.348.